The SMILES string of the molecule is B[C@@](C(=O)N[C@H]1CCOC1)(c1cncnc1)N(C(=O)[C@H](F)Cl)c1ccc(OC(F)(F)F)cc1. The van der Waals surface area contributed by atoms with Gasteiger partial charge in [-0.3, -0.25) is 14.5 Å². The van der Waals surface area contributed by atoms with Crippen LogP contribution in [0.25, 0.3) is 0 Å². The summed E-state index contributed by atoms with van der Waals surface area (Å²) >= 11 is 5.45. The highest BCUT2D eigenvalue weighted by molar-refractivity contribution is 6.37. The number of nitrogens with one attached hydrogen (secondary N) is 1. The fourth-order valence-electron chi connectivity index (χ4n) is 3.39. The van der Waals surface area contributed by atoms with E-state index in [0.717, 1.165) is 29.2 Å². The molecule has 1 saturated heterocycles. The van der Waals surface area contributed by atoms with Gasteiger partial charge in [0.2, 0.25) is 5.91 Å². The molecule has 1 fully saturated rings. The van der Waals surface area contributed by atoms with Crippen molar-refractivity contribution in [3.63, 3.8) is 0 Å². The molecule has 0 bridgehead atoms. The van der Waals surface area contributed by atoms with Crippen LogP contribution in [-0.2, 0) is 19.8 Å². The Kier molecular flexibility index (Phi) is 7.43. The molecule has 1 N–H and O–H groups in total. The highest BCUT2D eigenvalue weighted by atomic mass is 35.5. The predicted octanol–water partition coefficient (Wildman–Crippen LogP) is 1.63. The molecule has 8 nitrogen and oxygen atoms in total. The number of carbonyl (C=O) groups is 2. The van der Waals surface area contributed by atoms with Crippen molar-refractivity contribution in [3.05, 3.63) is 48.5 Å². The zero-order chi connectivity index (χ0) is 24.2. The molecule has 176 valence electrons. The lowest BCUT2D eigenvalue weighted by Crippen LogP contribution is -2.62. The van der Waals surface area contributed by atoms with Gasteiger partial charge in [0.1, 0.15) is 17.5 Å². The van der Waals surface area contributed by atoms with Gasteiger partial charge in [-0.05, 0) is 30.7 Å². The van der Waals surface area contributed by atoms with Crippen LogP contribution < -0.4 is 15.0 Å². The van der Waals surface area contributed by atoms with Gasteiger partial charge in [-0.15, -0.1) is 13.2 Å². The van der Waals surface area contributed by atoms with Gasteiger partial charge in [0.05, 0.1) is 12.6 Å². The van der Waals surface area contributed by atoms with Crippen molar-refractivity contribution in [2.24, 2.45) is 0 Å². The first-order chi connectivity index (χ1) is 15.5. The second-order valence-corrected chi connectivity index (χ2v) is 7.63. The molecular formula is C19H18BClF4N4O4. The fraction of sp³-hybridized carbons (Fsp3) is 0.368. The van der Waals surface area contributed by atoms with Crippen molar-refractivity contribution in [1.29, 1.82) is 0 Å². The Balaban J connectivity index is 2.08. The highest BCUT2D eigenvalue weighted by Gasteiger charge is 2.47. The Morgan fingerprint density at radius 1 is 1.24 bits per heavy atom. The highest BCUT2D eigenvalue weighted by Crippen LogP contribution is 2.34. The van der Waals surface area contributed by atoms with Crippen molar-refractivity contribution >= 4 is 36.9 Å². The van der Waals surface area contributed by atoms with Gasteiger partial charge >= 0.3 is 6.36 Å². The number of aromatic nitrogens is 2. The summed E-state index contributed by atoms with van der Waals surface area (Å²) in [6.07, 6.45) is -0.690. The number of hydrogen-bond donors (Lipinski definition) is 1. The van der Waals surface area contributed by atoms with Gasteiger partial charge in [-0.2, -0.15) is 0 Å². The van der Waals surface area contributed by atoms with Crippen molar-refractivity contribution in [2.45, 2.75) is 29.9 Å². The van der Waals surface area contributed by atoms with Gasteiger partial charge in [0.25, 0.3) is 11.5 Å². The predicted molar refractivity (Wildman–Crippen MR) is 111 cm³/mol. The summed E-state index contributed by atoms with van der Waals surface area (Å²) in [7, 11) is 1.33. The number of halogens is 5. The summed E-state index contributed by atoms with van der Waals surface area (Å²) in [5.41, 5.74) is -4.47. The first-order valence-electron chi connectivity index (χ1n) is 9.64. The number of hydrogen-bond acceptors (Lipinski definition) is 6. The summed E-state index contributed by atoms with van der Waals surface area (Å²) in [5, 5.41) is 2.75. The quantitative estimate of drug-likeness (QED) is 0.362. The topological polar surface area (TPSA) is 93.6 Å². The van der Waals surface area contributed by atoms with Gasteiger partial charge in [0, 0.05) is 30.3 Å². The molecule has 14 heteroatoms. The van der Waals surface area contributed by atoms with E-state index in [1.165, 1.54) is 26.6 Å². The van der Waals surface area contributed by atoms with E-state index in [1.807, 2.05) is 0 Å². The van der Waals surface area contributed by atoms with E-state index >= 15 is 0 Å². The molecule has 0 unspecified atom stereocenters. The molecule has 3 rings (SSSR count). The van der Waals surface area contributed by atoms with Crippen LogP contribution in [0.3, 0.4) is 0 Å². The van der Waals surface area contributed by atoms with E-state index < -0.39 is 35.0 Å². The van der Waals surface area contributed by atoms with Gasteiger partial charge in [0.15, 0.2) is 7.85 Å². The van der Waals surface area contributed by atoms with Gasteiger partial charge in [-0.1, -0.05) is 11.6 Å². The lowest BCUT2D eigenvalue weighted by Gasteiger charge is -2.41. The number of carbonyl (C=O) groups excluding carboxylic acids is 2. The molecule has 2 amide bonds. The normalized spacial score (nSPS) is 18.8. The maximum Gasteiger partial charge on any atom is 0.573 e. The first kappa shape index (κ1) is 24.7. The Morgan fingerprint density at radius 3 is 2.39 bits per heavy atom. The first-order valence-corrected chi connectivity index (χ1v) is 10.1. The molecule has 3 atom stereocenters. The van der Waals surface area contributed by atoms with E-state index in [-0.39, 0.29) is 23.9 Å². The Hall–Kier alpha value is -2.93. The van der Waals surface area contributed by atoms with Crippen LogP contribution in [0.2, 0.25) is 0 Å². The summed E-state index contributed by atoms with van der Waals surface area (Å²) in [6.45, 7) is 0.666. The number of ether oxygens (including phenoxy) is 2. The summed E-state index contributed by atoms with van der Waals surface area (Å²) in [5.74, 6) is -2.60. The minimum atomic E-state index is -4.93. The summed E-state index contributed by atoms with van der Waals surface area (Å²) in [4.78, 5) is 34.8. The average Bonchev–Trinajstić information content (AvgIpc) is 3.27. The van der Waals surface area contributed by atoms with E-state index in [2.05, 4.69) is 20.0 Å². The van der Waals surface area contributed by atoms with Crippen LogP contribution in [0.5, 0.6) is 5.75 Å². The van der Waals surface area contributed by atoms with Crippen LogP contribution in [0, 0.1) is 0 Å². The lowest BCUT2D eigenvalue weighted by molar-refractivity contribution is -0.274. The number of amides is 2. The van der Waals surface area contributed by atoms with E-state index in [1.54, 1.807) is 0 Å². The minimum absolute atomic E-state index is 0.109. The van der Waals surface area contributed by atoms with Crippen molar-refractivity contribution < 1.29 is 36.6 Å². The fourth-order valence-corrected chi connectivity index (χ4v) is 3.48. The lowest BCUT2D eigenvalue weighted by atomic mass is 9.70. The Labute approximate surface area is 191 Å². The molecule has 1 aromatic carbocycles. The minimum Gasteiger partial charge on any atom is -0.406 e. The molecule has 1 aromatic heterocycles. The zero-order valence-electron chi connectivity index (χ0n) is 17.2. The van der Waals surface area contributed by atoms with Gasteiger partial charge in [-0.25, -0.2) is 14.4 Å². The molecule has 1 aliphatic rings. The maximum absolute atomic E-state index is 14.1. The molecule has 0 aliphatic carbocycles. The molecule has 2 aromatic rings. The number of anilines is 1. The molecule has 2 heterocycles. The van der Waals surface area contributed by atoms with Crippen molar-refractivity contribution in [1.82, 2.24) is 15.3 Å². The van der Waals surface area contributed by atoms with Crippen molar-refractivity contribution in [3.8, 4) is 5.75 Å². The molecule has 0 saturated carbocycles. The summed E-state index contributed by atoms with van der Waals surface area (Å²) < 4.78 is 60.7. The van der Waals surface area contributed by atoms with Crippen LogP contribution in [0.1, 0.15) is 12.0 Å². The second kappa shape index (κ2) is 9.92. The van der Waals surface area contributed by atoms with Crippen LogP contribution in [0.15, 0.2) is 43.0 Å². The zero-order valence-corrected chi connectivity index (χ0v) is 17.9. The molecular weight excluding hydrogens is 470 g/mol. The van der Waals surface area contributed by atoms with Crippen LogP contribution >= 0.6 is 11.6 Å². The average molecular weight is 489 g/mol. The third-order valence-corrected chi connectivity index (χ3v) is 5.20. The van der Waals surface area contributed by atoms with Gasteiger partial charge < -0.3 is 14.8 Å². The molecule has 33 heavy (non-hydrogen) atoms. The van der Waals surface area contributed by atoms with Crippen LogP contribution in [0.4, 0.5) is 23.2 Å². The number of nitrogens with zero attached hydrogens (tertiary/aromatic N) is 3. The van der Waals surface area contributed by atoms with E-state index in [4.69, 9.17) is 16.3 Å². The monoisotopic (exact) mass is 488 g/mol. The van der Waals surface area contributed by atoms with E-state index in [9.17, 15) is 27.2 Å². The van der Waals surface area contributed by atoms with E-state index in [0.29, 0.717) is 13.0 Å². The number of benzene rings is 1. The maximum atomic E-state index is 14.1. The molecule has 0 spiro atoms. The smallest absolute Gasteiger partial charge is 0.406 e. The molecule has 0 radical (unpaired) electrons. The Morgan fingerprint density at radius 2 is 1.88 bits per heavy atom. The number of alkyl halides is 5. The van der Waals surface area contributed by atoms with Crippen molar-refractivity contribution in [2.75, 3.05) is 18.1 Å². The largest absolute Gasteiger partial charge is 0.573 e. The summed E-state index contributed by atoms with van der Waals surface area (Å²) in [6, 6.07) is 3.64. The third kappa shape index (κ3) is 5.71. The second-order valence-electron chi connectivity index (χ2n) is 7.25. The number of rotatable bonds is 7. The Bertz CT molecular complexity index is 978. The molecule has 1 aliphatic heterocycles. The standard InChI is InChI=1S/C19H18BClF4N4O4/c20-18(11-7-26-10-27-8-11,17(31)28-12-5-6-32-9-12)29(16(30)15(21)22)13-1-3-14(4-2-13)33-19(23,24)25/h1-4,7-8,10,12,15H,5-6,9,20H2,(H,28,31)/t12-,15-,18-/m0/s1. The third-order valence-electron chi connectivity index (χ3n) is 5.01. The van der Waals surface area contributed by atoms with Crippen LogP contribution in [-0.4, -0.2) is 60.9 Å².